The van der Waals surface area contributed by atoms with Crippen molar-refractivity contribution in [1.82, 2.24) is 9.97 Å². The molecule has 0 unspecified atom stereocenters. The van der Waals surface area contributed by atoms with Gasteiger partial charge in [-0.1, -0.05) is 0 Å². The first kappa shape index (κ1) is 21.9. The molecule has 9 nitrogen and oxygen atoms in total. The molecule has 0 spiro atoms. The van der Waals surface area contributed by atoms with Crippen LogP contribution in [-0.2, 0) is 9.47 Å². The minimum Gasteiger partial charge on any atom is -0.443 e. The number of benzene rings is 1. The van der Waals surface area contributed by atoms with Crippen LogP contribution in [0.5, 0.6) is 11.6 Å². The zero-order valence-corrected chi connectivity index (χ0v) is 17.4. The van der Waals surface area contributed by atoms with Crippen molar-refractivity contribution in [1.29, 1.82) is 0 Å². The summed E-state index contributed by atoms with van der Waals surface area (Å²) < 4.78 is 16.3. The molecule has 2 N–H and O–H groups in total. The van der Waals surface area contributed by atoms with Gasteiger partial charge in [0.05, 0.1) is 0 Å². The Morgan fingerprint density at radius 2 is 1.41 bits per heavy atom. The molecule has 0 saturated carbocycles. The number of carbonyl (C=O) groups is 2. The molecular weight excluding hydrogens is 376 g/mol. The van der Waals surface area contributed by atoms with E-state index in [0.29, 0.717) is 16.3 Å². The molecule has 1 heterocycles. The van der Waals surface area contributed by atoms with Gasteiger partial charge in [-0.3, -0.25) is 0 Å². The molecular formula is C20H26N4O5. The number of hydrogen-bond acceptors (Lipinski definition) is 8. The average molecular weight is 402 g/mol. The average Bonchev–Trinajstić information content (AvgIpc) is 2.54. The Balaban J connectivity index is 2.35. The maximum Gasteiger partial charge on any atom is 0.425 e. The Kier molecular flexibility index (Phi) is 6.31. The second kappa shape index (κ2) is 8.34. The Labute approximate surface area is 169 Å². The number of hydrogen-bond donors (Lipinski definition) is 1. The normalized spacial score (nSPS) is 11.5. The Morgan fingerprint density at radius 3 is 1.90 bits per heavy atom. The quantitative estimate of drug-likeness (QED) is 0.744. The monoisotopic (exact) mass is 402 g/mol. The van der Waals surface area contributed by atoms with Gasteiger partial charge >= 0.3 is 12.2 Å². The molecule has 1 aromatic carbocycles. The summed E-state index contributed by atoms with van der Waals surface area (Å²) in [5.41, 5.74) is 4.59. The van der Waals surface area contributed by atoms with E-state index >= 15 is 0 Å². The SMILES string of the molecule is CC(C)(C)OC(=O)N(C(=O)OC(C)(C)C)c1cc(Oc2ccc(N)cc2)ncn1. The number of nitrogens with two attached hydrogens (primary N) is 1. The van der Waals surface area contributed by atoms with Crippen molar-refractivity contribution in [2.24, 2.45) is 0 Å². The number of imide groups is 1. The number of nitrogen functional groups attached to an aromatic ring is 1. The lowest BCUT2D eigenvalue weighted by molar-refractivity contribution is 0.0429. The first-order valence-corrected chi connectivity index (χ1v) is 8.95. The van der Waals surface area contributed by atoms with Crippen molar-refractivity contribution in [3.63, 3.8) is 0 Å². The molecule has 156 valence electrons. The van der Waals surface area contributed by atoms with Crippen LogP contribution >= 0.6 is 0 Å². The van der Waals surface area contributed by atoms with Gasteiger partial charge in [0.2, 0.25) is 5.88 Å². The summed E-state index contributed by atoms with van der Waals surface area (Å²) in [6.07, 6.45) is -0.684. The fourth-order valence-electron chi connectivity index (χ4n) is 2.04. The number of nitrogens with zero attached hydrogens (tertiary/aromatic N) is 3. The van der Waals surface area contributed by atoms with Gasteiger partial charge in [0.25, 0.3) is 0 Å². The van der Waals surface area contributed by atoms with Gasteiger partial charge in [-0.25, -0.2) is 19.6 Å². The van der Waals surface area contributed by atoms with Crippen LogP contribution in [0.4, 0.5) is 21.1 Å². The molecule has 0 aliphatic heterocycles. The van der Waals surface area contributed by atoms with Crippen molar-refractivity contribution in [2.75, 3.05) is 10.6 Å². The third-order valence-electron chi connectivity index (χ3n) is 3.11. The lowest BCUT2D eigenvalue weighted by Gasteiger charge is -2.28. The van der Waals surface area contributed by atoms with Gasteiger partial charge in [-0.2, -0.15) is 4.90 Å². The van der Waals surface area contributed by atoms with Crippen LogP contribution in [0.1, 0.15) is 41.5 Å². The first-order valence-electron chi connectivity index (χ1n) is 8.95. The largest absolute Gasteiger partial charge is 0.443 e. The fraction of sp³-hybridized carbons (Fsp3) is 0.400. The topological polar surface area (TPSA) is 117 Å². The van der Waals surface area contributed by atoms with Crippen molar-refractivity contribution < 1.29 is 23.8 Å². The van der Waals surface area contributed by atoms with E-state index in [1.54, 1.807) is 65.8 Å². The summed E-state index contributed by atoms with van der Waals surface area (Å²) in [7, 11) is 0. The maximum atomic E-state index is 12.7. The molecule has 0 aliphatic carbocycles. The smallest absolute Gasteiger partial charge is 0.425 e. The second-order valence-electron chi connectivity index (χ2n) is 8.18. The molecule has 0 atom stereocenters. The highest BCUT2D eigenvalue weighted by Gasteiger charge is 2.33. The van der Waals surface area contributed by atoms with E-state index in [-0.39, 0.29) is 11.7 Å². The summed E-state index contributed by atoms with van der Waals surface area (Å²) in [4.78, 5) is 34.1. The summed E-state index contributed by atoms with van der Waals surface area (Å²) >= 11 is 0. The minimum atomic E-state index is -0.927. The van der Waals surface area contributed by atoms with Crippen LogP contribution in [0.2, 0.25) is 0 Å². The van der Waals surface area contributed by atoms with Crippen LogP contribution in [0.15, 0.2) is 36.7 Å². The second-order valence-corrected chi connectivity index (χ2v) is 8.18. The summed E-state index contributed by atoms with van der Waals surface area (Å²) in [5, 5.41) is 0. The molecule has 1 aromatic heterocycles. The highest BCUT2D eigenvalue weighted by Crippen LogP contribution is 2.25. The predicted molar refractivity (Wildman–Crippen MR) is 108 cm³/mol. The van der Waals surface area contributed by atoms with Crippen LogP contribution in [0.3, 0.4) is 0 Å². The third-order valence-corrected chi connectivity index (χ3v) is 3.11. The predicted octanol–water partition coefficient (Wildman–Crippen LogP) is 4.53. The van der Waals surface area contributed by atoms with E-state index in [1.807, 2.05) is 0 Å². The van der Waals surface area contributed by atoms with Crippen LogP contribution < -0.4 is 15.4 Å². The number of rotatable bonds is 3. The van der Waals surface area contributed by atoms with Crippen LogP contribution in [0, 0.1) is 0 Å². The Hall–Kier alpha value is -3.36. The molecule has 0 bridgehead atoms. The van der Waals surface area contributed by atoms with E-state index in [0.717, 1.165) is 0 Å². The Morgan fingerprint density at radius 1 is 0.897 bits per heavy atom. The van der Waals surface area contributed by atoms with E-state index in [2.05, 4.69) is 9.97 Å². The number of anilines is 2. The number of carbonyl (C=O) groups excluding carboxylic acids is 2. The molecule has 0 aliphatic rings. The summed E-state index contributed by atoms with van der Waals surface area (Å²) in [6, 6.07) is 8.01. The molecule has 0 radical (unpaired) electrons. The van der Waals surface area contributed by atoms with Crippen LogP contribution in [-0.4, -0.2) is 33.4 Å². The van der Waals surface area contributed by atoms with Crippen LogP contribution in [0.25, 0.3) is 0 Å². The fourth-order valence-corrected chi connectivity index (χ4v) is 2.04. The zero-order chi connectivity index (χ0) is 21.8. The first-order chi connectivity index (χ1) is 13.3. The summed E-state index contributed by atoms with van der Waals surface area (Å²) in [5.74, 6) is 0.552. The number of ether oxygens (including phenoxy) is 3. The highest BCUT2D eigenvalue weighted by molar-refractivity contribution is 6.08. The molecule has 9 heteroatoms. The molecule has 2 amide bonds. The standard InChI is InChI=1S/C20H26N4O5/c1-19(2,3)28-17(25)24(18(26)29-20(4,5)6)15-11-16(23-12-22-15)27-14-9-7-13(21)8-10-14/h7-12H,21H2,1-6H3. The van der Waals surface area contributed by atoms with Gasteiger partial charge in [0.1, 0.15) is 23.3 Å². The van der Waals surface area contributed by atoms with E-state index < -0.39 is 23.4 Å². The lowest BCUT2D eigenvalue weighted by Crippen LogP contribution is -2.44. The third kappa shape index (κ3) is 6.95. The van der Waals surface area contributed by atoms with E-state index in [1.165, 1.54) is 12.4 Å². The highest BCUT2D eigenvalue weighted by atomic mass is 16.6. The summed E-state index contributed by atoms with van der Waals surface area (Å²) in [6.45, 7) is 10.1. The molecule has 2 aromatic rings. The van der Waals surface area contributed by atoms with Gasteiger partial charge in [0, 0.05) is 11.8 Å². The van der Waals surface area contributed by atoms with Gasteiger partial charge < -0.3 is 19.9 Å². The number of amides is 2. The zero-order valence-electron chi connectivity index (χ0n) is 17.4. The molecule has 0 saturated heterocycles. The van der Waals surface area contributed by atoms with Crippen molar-refractivity contribution in [3.05, 3.63) is 36.7 Å². The van der Waals surface area contributed by atoms with Gasteiger partial charge in [-0.15, -0.1) is 0 Å². The van der Waals surface area contributed by atoms with Crippen molar-refractivity contribution >= 4 is 23.7 Å². The van der Waals surface area contributed by atoms with E-state index in [4.69, 9.17) is 19.9 Å². The number of aromatic nitrogens is 2. The molecule has 0 fully saturated rings. The molecule has 2 rings (SSSR count). The lowest BCUT2D eigenvalue weighted by atomic mass is 10.2. The van der Waals surface area contributed by atoms with Crippen molar-refractivity contribution in [2.45, 2.75) is 52.7 Å². The Bertz CT molecular complexity index is 842. The van der Waals surface area contributed by atoms with Gasteiger partial charge in [0.15, 0.2) is 5.82 Å². The maximum absolute atomic E-state index is 12.7. The molecule has 29 heavy (non-hydrogen) atoms. The minimum absolute atomic E-state index is 0.0473. The van der Waals surface area contributed by atoms with Crippen molar-refractivity contribution in [3.8, 4) is 11.6 Å². The van der Waals surface area contributed by atoms with Gasteiger partial charge in [-0.05, 0) is 65.8 Å². The van der Waals surface area contributed by atoms with E-state index in [9.17, 15) is 9.59 Å².